The zero-order chi connectivity index (χ0) is 16.1. The molecule has 0 saturated heterocycles. The monoisotopic (exact) mass is 310 g/mol. The van der Waals surface area contributed by atoms with Gasteiger partial charge in [0.25, 0.3) is 5.91 Å². The maximum atomic E-state index is 11.9. The molecule has 0 aliphatic heterocycles. The molecule has 3 rings (SSSR count). The number of hydrogen-bond acceptors (Lipinski definition) is 4. The molecule has 2 aromatic heterocycles. The molecule has 0 atom stereocenters. The number of benzene rings is 1. The van der Waals surface area contributed by atoms with Gasteiger partial charge >= 0.3 is 0 Å². The Labute approximate surface area is 131 Å². The second kappa shape index (κ2) is 6.61. The van der Waals surface area contributed by atoms with Crippen molar-refractivity contribution in [3.8, 4) is 0 Å². The van der Waals surface area contributed by atoms with Gasteiger partial charge in [-0.3, -0.25) is 14.3 Å². The number of furan rings is 1. The molecule has 7 nitrogen and oxygen atoms in total. The molecule has 0 aliphatic rings. The van der Waals surface area contributed by atoms with Gasteiger partial charge in [-0.2, -0.15) is 5.10 Å². The minimum absolute atomic E-state index is 0.121. The van der Waals surface area contributed by atoms with Crippen molar-refractivity contribution >= 4 is 23.2 Å². The number of nitrogens with zero attached hydrogens (tertiary/aromatic N) is 2. The lowest BCUT2D eigenvalue weighted by Crippen LogP contribution is -2.19. The third kappa shape index (κ3) is 3.85. The van der Waals surface area contributed by atoms with E-state index in [-0.39, 0.29) is 24.1 Å². The summed E-state index contributed by atoms with van der Waals surface area (Å²) >= 11 is 0. The van der Waals surface area contributed by atoms with Crippen molar-refractivity contribution in [2.75, 3.05) is 10.6 Å². The standard InChI is InChI=1S/C16H14N4O3/c21-15(11-20-8-3-7-17-20)18-12-4-1-5-13(10-12)19-16(22)14-6-2-9-23-14/h1-10H,11H2,(H,18,21)(H,19,22). The molecule has 0 unspecified atom stereocenters. The molecule has 1 aromatic carbocycles. The highest BCUT2D eigenvalue weighted by Crippen LogP contribution is 2.16. The highest BCUT2D eigenvalue weighted by molar-refractivity contribution is 6.02. The summed E-state index contributed by atoms with van der Waals surface area (Å²) in [5, 5.41) is 9.43. The number of amides is 2. The van der Waals surface area contributed by atoms with Crippen LogP contribution in [0.2, 0.25) is 0 Å². The summed E-state index contributed by atoms with van der Waals surface area (Å²) < 4.78 is 6.56. The van der Waals surface area contributed by atoms with Gasteiger partial charge in [0.1, 0.15) is 6.54 Å². The summed E-state index contributed by atoms with van der Waals surface area (Å²) in [5.41, 5.74) is 1.14. The number of hydrogen-bond donors (Lipinski definition) is 2. The third-order valence-electron chi connectivity index (χ3n) is 3.01. The van der Waals surface area contributed by atoms with Crippen LogP contribution in [0, 0.1) is 0 Å². The van der Waals surface area contributed by atoms with Crippen molar-refractivity contribution in [3.05, 3.63) is 66.9 Å². The van der Waals surface area contributed by atoms with E-state index in [9.17, 15) is 9.59 Å². The molecule has 0 saturated carbocycles. The van der Waals surface area contributed by atoms with Crippen LogP contribution in [-0.4, -0.2) is 21.6 Å². The van der Waals surface area contributed by atoms with Gasteiger partial charge in [-0.15, -0.1) is 0 Å². The average Bonchev–Trinajstić information content (AvgIpc) is 3.20. The van der Waals surface area contributed by atoms with Crippen LogP contribution in [-0.2, 0) is 11.3 Å². The van der Waals surface area contributed by atoms with Gasteiger partial charge in [-0.1, -0.05) is 6.07 Å². The number of anilines is 2. The first kappa shape index (κ1) is 14.6. The second-order valence-corrected chi connectivity index (χ2v) is 4.76. The number of carbonyl (C=O) groups excluding carboxylic acids is 2. The minimum Gasteiger partial charge on any atom is -0.459 e. The van der Waals surface area contributed by atoms with E-state index in [1.54, 1.807) is 54.9 Å². The molecule has 0 radical (unpaired) electrons. The van der Waals surface area contributed by atoms with E-state index in [0.29, 0.717) is 11.4 Å². The van der Waals surface area contributed by atoms with Crippen LogP contribution in [0.5, 0.6) is 0 Å². The Morgan fingerprint density at radius 2 is 1.91 bits per heavy atom. The molecule has 0 bridgehead atoms. The summed E-state index contributed by atoms with van der Waals surface area (Å²) in [6.07, 6.45) is 4.75. The highest BCUT2D eigenvalue weighted by Gasteiger charge is 2.09. The SMILES string of the molecule is O=C(Cn1cccn1)Nc1cccc(NC(=O)c2ccco2)c1. The topological polar surface area (TPSA) is 89.2 Å². The third-order valence-corrected chi connectivity index (χ3v) is 3.01. The fraction of sp³-hybridized carbons (Fsp3) is 0.0625. The van der Waals surface area contributed by atoms with Gasteiger partial charge in [-0.25, -0.2) is 0 Å². The van der Waals surface area contributed by atoms with Crippen LogP contribution in [0.15, 0.2) is 65.5 Å². The number of carbonyl (C=O) groups is 2. The molecular weight excluding hydrogens is 296 g/mol. The van der Waals surface area contributed by atoms with Crippen molar-refractivity contribution in [1.82, 2.24) is 9.78 Å². The van der Waals surface area contributed by atoms with E-state index in [0.717, 1.165) is 0 Å². The maximum Gasteiger partial charge on any atom is 0.291 e. The Bertz CT molecular complexity index is 795. The fourth-order valence-electron chi connectivity index (χ4n) is 2.02. The first-order valence-corrected chi connectivity index (χ1v) is 6.93. The number of aromatic nitrogens is 2. The molecule has 0 fully saturated rings. The van der Waals surface area contributed by atoms with E-state index >= 15 is 0 Å². The first-order chi connectivity index (χ1) is 11.2. The largest absolute Gasteiger partial charge is 0.459 e. The Kier molecular flexibility index (Phi) is 4.19. The minimum atomic E-state index is -0.352. The lowest BCUT2D eigenvalue weighted by atomic mass is 10.2. The van der Waals surface area contributed by atoms with Crippen molar-refractivity contribution in [2.24, 2.45) is 0 Å². The van der Waals surface area contributed by atoms with Crippen LogP contribution in [0.3, 0.4) is 0 Å². The van der Waals surface area contributed by atoms with Crippen molar-refractivity contribution in [3.63, 3.8) is 0 Å². The summed E-state index contributed by atoms with van der Waals surface area (Å²) in [6, 6.07) is 11.8. The van der Waals surface area contributed by atoms with E-state index in [1.807, 2.05) is 0 Å². The zero-order valence-electron chi connectivity index (χ0n) is 12.1. The average molecular weight is 310 g/mol. The van der Waals surface area contributed by atoms with Crippen LogP contribution in [0.4, 0.5) is 11.4 Å². The van der Waals surface area contributed by atoms with Crippen molar-refractivity contribution in [2.45, 2.75) is 6.54 Å². The molecule has 3 aromatic rings. The quantitative estimate of drug-likeness (QED) is 0.757. The van der Waals surface area contributed by atoms with E-state index < -0.39 is 0 Å². The van der Waals surface area contributed by atoms with Crippen molar-refractivity contribution < 1.29 is 14.0 Å². The van der Waals surface area contributed by atoms with Gasteiger partial charge in [0.05, 0.1) is 6.26 Å². The first-order valence-electron chi connectivity index (χ1n) is 6.93. The second-order valence-electron chi connectivity index (χ2n) is 4.76. The highest BCUT2D eigenvalue weighted by atomic mass is 16.3. The number of rotatable bonds is 5. The van der Waals surface area contributed by atoms with Crippen molar-refractivity contribution in [1.29, 1.82) is 0 Å². The van der Waals surface area contributed by atoms with Gasteiger partial charge in [0.2, 0.25) is 5.91 Å². The summed E-state index contributed by atoms with van der Waals surface area (Å²) in [5.74, 6) is -0.337. The van der Waals surface area contributed by atoms with Crippen LogP contribution in [0.25, 0.3) is 0 Å². The molecule has 116 valence electrons. The van der Waals surface area contributed by atoms with Gasteiger partial charge in [0, 0.05) is 23.8 Å². The molecule has 23 heavy (non-hydrogen) atoms. The zero-order valence-corrected chi connectivity index (χ0v) is 12.1. The van der Waals surface area contributed by atoms with Crippen LogP contribution < -0.4 is 10.6 Å². The van der Waals surface area contributed by atoms with Crippen LogP contribution >= 0.6 is 0 Å². The predicted molar refractivity (Wildman–Crippen MR) is 84.0 cm³/mol. The Morgan fingerprint density at radius 1 is 1.09 bits per heavy atom. The molecule has 2 heterocycles. The van der Waals surface area contributed by atoms with Gasteiger partial charge in [0.15, 0.2) is 5.76 Å². The Balaban J connectivity index is 1.63. The van der Waals surface area contributed by atoms with Gasteiger partial charge in [-0.05, 0) is 36.4 Å². The van der Waals surface area contributed by atoms with E-state index in [1.165, 1.54) is 10.9 Å². The van der Waals surface area contributed by atoms with Gasteiger partial charge < -0.3 is 15.1 Å². The molecule has 2 amide bonds. The molecule has 0 spiro atoms. The number of nitrogens with one attached hydrogen (secondary N) is 2. The normalized spacial score (nSPS) is 10.3. The lowest BCUT2D eigenvalue weighted by Gasteiger charge is -2.08. The summed E-state index contributed by atoms with van der Waals surface area (Å²) in [6.45, 7) is 0.121. The molecular formula is C16H14N4O3. The van der Waals surface area contributed by atoms with E-state index in [4.69, 9.17) is 4.42 Å². The molecule has 2 N–H and O–H groups in total. The fourth-order valence-corrected chi connectivity index (χ4v) is 2.02. The molecule has 7 heteroatoms. The summed E-state index contributed by atoms with van der Waals surface area (Å²) in [4.78, 5) is 23.8. The smallest absolute Gasteiger partial charge is 0.291 e. The molecule has 0 aliphatic carbocycles. The van der Waals surface area contributed by atoms with E-state index in [2.05, 4.69) is 15.7 Å². The Morgan fingerprint density at radius 3 is 2.61 bits per heavy atom. The Hall–Kier alpha value is -3.35. The predicted octanol–water partition coefficient (Wildman–Crippen LogP) is 2.37. The maximum absolute atomic E-state index is 11.9. The summed E-state index contributed by atoms with van der Waals surface area (Å²) in [7, 11) is 0. The van der Waals surface area contributed by atoms with Crippen LogP contribution in [0.1, 0.15) is 10.6 Å². The lowest BCUT2D eigenvalue weighted by molar-refractivity contribution is -0.116.